The molecule has 1 aromatic heterocycles. The maximum atomic E-state index is 13.1. The fourth-order valence-electron chi connectivity index (χ4n) is 4.77. The Balaban J connectivity index is 1.54. The summed E-state index contributed by atoms with van der Waals surface area (Å²) < 4.78 is 11.9. The van der Waals surface area contributed by atoms with Crippen molar-refractivity contribution < 1.29 is 14.3 Å². The molecule has 150 valence electrons. The van der Waals surface area contributed by atoms with Gasteiger partial charge in [0.05, 0.1) is 17.6 Å². The number of carbonyl (C=O) groups is 1. The van der Waals surface area contributed by atoms with Crippen LogP contribution in [0.5, 0.6) is 0 Å². The van der Waals surface area contributed by atoms with Crippen molar-refractivity contribution in [1.29, 1.82) is 0 Å². The second-order valence-corrected chi connectivity index (χ2v) is 9.49. The van der Waals surface area contributed by atoms with E-state index < -0.39 is 0 Å². The zero-order chi connectivity index (χ0) is 19.0. The summed E-state index contributed by atoms with van der Waals surface area (Å²) in [6, 6.07) is 2.73. The van der Waals surface area contributed by atoms with Gasteiger partial charge in [0.2, 0.25) is 0 Å². The summed E-state index contributed by atoms with van der Waals surface area (Å²) in [4.78, 5) is 19.8. The van der Waals surface area contributed by atoms with Crippen molar-refractivity contribution in [2.45, 2.75) is 63.7 Å². The van der Waals surface area contributed by atoms with E-state index in [1.165, 1.54) is 10.4 Å². The highest BCUT2D eigenvalue weighted by atomic mass is 32.1. The molecule has 0 saturated carbocycles. The van der Waals surface area contributed by atoms with Gasteiger partial charge in [0.25, 0.3) is 5.91 Å². The number of likely N-dealkylation sites (tertiary alicyclic amines) is 2. The van der Waals surface area contributed by atoms with Crippen LogP contribution in [0.1, 0.15) is 59.6 Å². The van der Waals surface area contributed by atoms with Crippen molar-refractivity contribution in [3.63, 3.8) is 0 Å². The second kappa shape index (κ2) is 7.82. The standard InChI is InChI=1S/C21H32N2O3S/c1-15(2)22-10-7-21(8-11-22)19-16(6-12-26-21)13-18(27-19)20(24)23-9-4-5-17(14-23)25-3/h13,15,17H,4-12,14H2,1-3H3. The maximum Gasteiger partial charge on any atom is 0.264 e. The molecule has 4 heterocycles. The predicted molar refractivity (Wildman–Crippen MR) is 108 cm³/mol. The minimum absolute atomic E-state index is 0.168. The number of nitrogens with zero attached hydrogens (tertiary/aromatic N) is 2. The Morgan fingerprint density at radius 2 is 2.11 bits per heavy atom. The van der Waals surface area contributed by atoms with E-state index in [2.05, 4.69) is 24.8 Å². The number of hydrogen-bond donors (Lipinski definition) is 0. The highest BCUT2D eigenvalue weighted by molar-refractivity contribution is 7.14. The van der Waals surface area contributed by atoms with E-state index in [1.807, 2.05) is 4.90 Å². The van der Waals surface area contributed by atoms with E-state index in [1.54, 1.807) is 18.4 Å². The number of carbonyl (C=O) groups excluding carboxylic acids is 1. The van der Waals surface area contributed by atoms with Crippen LogP contribution in [0.2, 0.25) is 0 Å². The molecule has 0 N–H and O–H groups in total. The van der Waals surface area contributed by atoms with Gasteiger partial charge in [-0.15, -0.1) is 11.3 Å². The van der Waals surface area contributed by atoms with Crippen LogP contribution >= 0.6 is 11.3 Å². The van der Waals surface area contributed by atoms with E-state index >= 15 is 0 Å². The molecule has 6 heteroatoms. The normalized spacial score (nSPS) is 25.8. The molecule has 27 heavy (non-hydrogen) atoms. The van der Waals surface area contributed by atoms with Gasteiger partial charge >= 0.3 is 0 Å². The zero-order valence-corrected chi connectivity index (χ0v) is 17.6. The summed E-state index contributed by atoms with van der Waals surface area (Å²) in [5, 5.41) is 0. The lowest BCUT2D eigenvalue weighted by molar-refractivity contribution is -0.0983. The van der Waals surface area contributed by atoms with Crippen LogP contribution in [0.4, 0.5) is 0 Å². The Labute approximate surface area is 166 Å². The molecular weight excluding hydrogens is 360 g/mol. The van der Waals surface area contributed by atoms with E-state index in [0.29, 0.717) is 12.6 Å². The molecule has 5 nitrogen and oxygen atoms in total. The first kappa shape index (κ1) is 19.4. The Morgan fingerprint density at radius 1 is 1.33 bits per heavy atom. The lowest BCUT2D eigenvalue weighted by atomic mass is 9.85. The Morgan fingerprint density at radius 3 is 2.81 bits per heavy atom. The van der Waals surface area contributed by atoms with E-state index in [0.717, 1.165) is 63.2 Å². The molecule has 0 bridgehead atoms. The van der Waals surface area contributed by atoms with Crippen molar-refractivity contribution in [2.24, 2.45) is 0 Å². The molecule has 4 rings (SSSR count). The van der Waals surface area contributed by atoms with Crippen LogP contribution in [-0.4, -0.2) is 67.7 Å². The maximum absolute atomic E-state index is 13.1. The lowest BCUT2D eigenvalue weighted by Gasteiger charge is -2.44. The Hall–Kier alpha value is -0.950. The third-order valence-corrected chi connectivity index (χ3v) is 7.87. The largest absolute Gasteiger partial charge is 0.380 e. The summed E-state index contributed by atoms with van der Waals surface area (Å²) in [7, 11) is 1.74. The van der Waals surface area contributed by atoms with Crippen LogP contribution in [0.15, 0.2) is 6.07 Å². The van der Waals surface area contributed by atoms with Gasteiger partial charge in [0.1, 0.15) is 5.60 Å². The molecule has 2 saturated heterocycles. The van der Waals surface area contributed by atoms with Gasteiger partial charge in [-0.1, -0.05) is 0 Å². The average Bonchev–Trinajstić information content (AvgIpc) is 3.14. The molecule has 2 fully saturated rings. The van der Waals surface area contributed by atoms with Crippen molar-refractivity contribution in [3.05, 3.63) is 21.4 Å². The SMILES string of the molecule is COC1CCCN(C(=O)c2cc3c(s2)C2(CCN(C(C)C)CC2)OCC3)C1. The van der Waals surface area contributed by atoms with Crippen molar-refractivity contribution >= 4 is 17.2 Å². The van der Waals surface area contributed by atoms with Gasteiger partial charge in [-0.25, -0.2) is 0 Å². The minimum Gasteiger partial charge on any atom is -0.380 e. The highest BCUT2D eigenvalue weighted by Crippen LogP contribution is 2.46. The van der Waals surface area contributed by atoms with Crippen LogP contribution in [-0.2, 0) is 21.5 Å². The number of fused-ring (bicyclic) bond motifs is 2. The molecule has 1 spiro atoms. The number of piperidine rings is 2. The van der Waals surface area contributed by atoms with Crippen LogP contribution in [0.25, 0.3) is 0 Å². The monoisotopic (exact) mass is 392 g/mol. The molecule has 1 amide bonds. The summed E-state index contributed by atoms with van der Waals surface area (Å²) >= 11 is 1.69. The van der Waals surface area contributed by atoms with Crippen LogP contribution in [0, 0.1) is 0 Å². The number of ether oxygens (including phenoxy) is 2. The third kappa shape index (κ3) is 3.69. The first-order chi connectivity index (χ1) is 13.0. The number of rotatable bonds is 3. The zero-order valence-electron chi connectivity index (χ0n) is 16.8. The number of methoxy groups -OCH3 is 1. The first-order valence-corrected chi connectivity index (χ1v) is 11.2. The Kier molecular flexibility index (Phi) is 5.61. The molecule has 3 aliphatic heterocycles. The minimum atomic E-state index is -0.168. The van der Waals surface area contributed by atoms with Crippen LogP contribution in [0.3, 0.4) is 0 Å². The number of hydrogen-bond acceptors (Lipinski definition) is 5. The summed E-state index contributed by atoms with van der Waals surface area (Å²) in [5.41, 5.74) is 1.17. The first-order valence-electron chi connectivity index (χ1n) is 10.4. The average molecular weight is 393 g/mol. The van der Waals surface area contributed by atoms with E-state index in [-0.39, 0.29) is 17.6 Å². The summed E-state index contributed by atoms with van der Waals surface area (Å²) in [6.07, 6.45) is 5.23. The van der Waals surface area contributed by atoms with E-state index in [4.69, 9.17) is 9.47 Å². The second-order valence-electron chi connectivity index (χ2n) is 8.44. The number of thiophene rings is 1. The lowest BCUT2D eigenvalue weighted by Crippen LogP contribution is -2.47. The van der Waals surface area contributed by atoms with Gasteiger partial charge in [-0.2, -0.15) is 0 Å². The molecule has 0 radical (unpaired) electrons. The third-order valence-electron chi connectivity index (χ3n) is 6.52. The quantitative estimate of drug-likeness (QED) is 0.792. The van der Waals surface area contributed by atoms with Crippen molar-refractivity contribution in [3.8, 4) is 0 Å². The highest BCUT2D eigenvalue weighted by Gasteiger charge is 2.43. The van der Waals surface area contributed by atoms with Gasteiger partial charge in [-0.3, -0.25) is 4.79 Å². The molecule has 0 aromatic carbocycles. The molecule has 1 aromatic rings. The fraction of sp³-hybridized carbons (Fsp3) is 0.762. The Bertz CT molecular complexity index is 679. The van der Waals surface area contributed by atoms with Crippen LogP contribution < -0.4 is 0 Å². The fourth-order valence-corrected chi connectivity index (χ4v) is 6.15. The molecule has 1 unspecified atom stereocenters. The molecule has 0 aliphatic carbocycles. The molecular formula is C21H32N2O3S. The molecule has 3 aliphatic rings. The van der Waals surface area contributed by atoms with Gasteiger partial charge in [-0.05, 0) is 57.6 Å². The predicted octanol–water partition coefficient (Wildman–Crippen LogP) is 3.27. The van der Waals surface area contributed by atoms with E-state index in [9.17, 15) is 4.79 Å². The van der Waals surface area contributed by atoms with Crippen molar-refractivity contribution in [2.75, 3.05) is 39.9 Å². The number of amides is 1. The van der Waals surface area contributed by atoms with Gasteiger partial charge in [0.15, 0.2) is 0 Å². The summed E-state index contributed by atoms with van der Waals surface area (Å²) in [5.74, 6) is 0.172. The molecule has 1 atom stereocenters. The van der Waals surface area contributed by atoms with Gasteiger partial charge < -0.3 is 19.3 Å². The van der Waals surface area contributed by atoms with Gasteiger partial charge in [0, 0.05) is 44.2 Å². The smallest absolute Gasteiger partial charge is 0.264 e. The topological polar surface area (TPSA) is 42.0 Å². The van der Waals surface area contributed by atoms with Crippen molar-refractivity contribution in [1.82, 2.24) is 9.80 Å². The summed E-state index contributed by atoms with van der Waals surface area (Å²) in [6.45, 7) is 8.99.